The van der Waals surface area contributed by atoms with E-state index < -0.39 is 0 Å². The van der Waals surface area contributed by atoms with Crippen LogP contribution in [0.15, 0.2) is 65.4 Å². The Labute approximate surface area is 198 Å². The normalized spacial score (nSPS) is 11.1. The number of anilines is 2. The fraction of sp³-hybridized carbons (Fsp3) is 0.185. The van der Waals surface area contributed by atoms with Crippen molar-refractivity contribution in [3.8, 4) is 34.2 Å². The number of aryl methyl sites for hydroxylation is 3. The highest BCUT2D eigenvalue weighted by Crippen LogP contribution is 2.37. The number of fused-ring (bicyclic) bond motifs is 1. The Morgan fingerprint density at radius 2 is 1.82 bits per heavy atom. The van der Waals surface area contributed by atoms with Gasteiger partial charge in [0.2, 0.25) is 0 Å². The summed E-state index contributed by atoms with van der Waals surface area (Å²) in [5.41, 5.74) is 7.55. The predicted octanol–water partition coefficient (Wildman–Crippen LogP) is 6.27. The Morgan fingerprint density at radius 3 is 2.56 bits per heavy atom. The summed E-state index contributed by atoms with van der Waals surface area (Å²) >= 11 is 0. The molecule has 0 amide bonds. The van der Waals surface area contributed by atoms with Crippen molar-refractivity contribution < 1.29 is 13.9 Å². The number of methoxy groups -OCH3 is 2. The molecule has 0 spiro atoms. The summed E-state index contributed by atoms with van der Waals surface area (Å²) < 4.78 is 18.7. The first-order chi connectivity index (χ1) is 16.5. The van der Waals surface area contributed by atoms with Crippen LogP contribution in [0.1, 0.15) is 11.3 Å². The lowest BCUT2D eigenvalue weighted by molar-refractivity contribution is 0.414. The van der Waals surface area contributed by atoms with Gasteiger partial charge in [-0.05, 0) is 55.8 Å². The largest absolute Gasteiger partial charge is 0.497 e. The van der Waals surface area contributed by atoms with E-state index in [4.69, 9.17) is 18.9 Å². The molecule has 2 heterocycles. The van der Waals surface area contributed by atoms with Crippen molar-refractivity contribution in [2.45, 2.75) is 13.8 Å². The number of hydrogen-bond donors (Lipinski definition) is 1. The van der Waals surface area contributed by atoms with Gasteiger partial charge in [0.25, 0.3) is 0 Å². The van der Waals surface area contributed by atoms with Crippen LogP contribution in [0.2, 0.25) is 0 Å². The van der Waals surface area contributed by atoms with Crippen LogP contribution in [-0.2, 0) is 7.05 Å². The number of nitrogens with one attached hydrogen (secondary N) is 1. The van der Waals surface area contributed by atoms with E-state index in [-0.39, 0.29) is 0 Å². The smallest absolute Gasteiger partial charge is 0.181 e. The van der Waals surface area contributed by atoms with Gasteiger partial charge in [-0.25, -0.2) is 9.97 Å². The number of aromatic nitrogens is 3. The van der Waals surface area contributed by atoms with Gasteiger partial charge >= 0.3 is 0 Å². The van der Waals surface area contributed by atoms with E-state index in [1.807, 2.05) is 56.4 Å². The zero-order chi connectivity index (χ0) is 23.8. The topological polar surface area (TPSA) is 74.3 Å². The number of imidazole rings is 1. The highest BCUT2D eigenvalue weighted by atomic mass is 16.5. The lowest BCUT2D eigenvalue weighted by atomic mass is 10.1. The van der Waals surface area contributed by atoms with Crippen LogP contribution in [0.5, 0.6) is 11.5 Å². The van der Waals surface area contributed by atoms with Gasteiger partial charge in [-0.1, -0.05) is 12.1 Å². The summed E-state index contributed by atoms with van der Waals surface area (Å²) in [5, 5.41) is 3.54. The predicted molar refractivity (Wildman–Crippen MR) is 134 cm³/mol. The Kier molecular flexibility index (Phi) is 5.45. The van der Waals surface area contributed by atoms with Crippen LogP contribution < -0.4 is 14.8 Å². The molecule has 7 heteroatoms. The van der Waals surface area contributed by atoms with Gasteiger partial charge in [0, 0.05) is 24.4 Å². The molecule has 0 fully saturated rings. The standard InChI is InChI=1S/C27H26N4O3/c1-16-11-22(29-19-9-10-21(24(14-19)33-5)26-17(2)28-15-34-26)25-23(12-16)31(3)27(30-25)18-7-6-8-20(13-18)32-4/h6-15,29H,1-5H3. The van der Waals surface area contributed by atoms with Gasteiger partial charge < -0.3 is 23.8 Å². The molecule has 0 bridgehead atoms. The maximum absolute atomic E-state index is 5.66. The Balaban J connectivity index is 1.57. The Morgan fingerprint density at radius 1 is 0.971 bits per heavy atom. The second-order valence-electron chi connectivity index (χ2n) is 8.21. The quantitative estimate of drug-likeness (QED) is 0.326. The fourth-order valence-corrected chi connectivity index (χ4v) is 4.22. The van der Waals surface area contributed by atoms with Crippen molar-refractivity contribution >= 4 is 22.4 Å². The van der Waals surface area contributed by atoms with Gasteiger partial charge in [0.15, 0.2) is 12.2 Å². The van der Waals surface area contributed by atoms with E-state index in [1.165, 1.54) is 6.39 Å². The highest BCUT2D eigenvalue weighted by Gasteiger charge is 2.17. The summed E-state index contributed by atoms with van der Waals surface area (Å²) in [6.07, 6.45) is 1.45. The molecule has 34 heavy (non-hydrogen) atoms. The van der Waals surface area contributed by atoms with Gasteiger partial charge in [-0.2, -0.15) is 0 Å². The lowest BCUT2D eigenvalue weighted by Crippen LogP contribution is -1.96. The maximum Gasteiger partial charge on any atom is 0.181 e. The molecule has 5 aromatic rings. The first-order valence-corrected chi connectivity index (χ1v) is 11.0. The number of benzene rings is 3. The molecule has 0 aliphatic rings. The summed E-state index contributed by atoms with van der Waals surface area (Å²) in [6.45, 7) is 3.99. The van der Waals surface area contributed by atoms with Crippen LogP contribution in [-0.4, -0.2) is 28.8 Å². The summed E-state index contributed by atoms with van der Waals surface area (Å²) in [4.78, 5) is 9.19. The van der Waals surface area contributed by atoms with E-state index in [2.05, 4.69) is 33.9 Å². The highest BCUT2D eigenvalue weighted by molar-refractivity contribution is 5.94. The third-order valence-electron chi connectivity index (χ3n) is 5.93. The summed E-state index contributed by atoms with van der Waals surface area (Å²) in [6, 6.07) is 18.1. The third kappa shape index (κ3) is 3.75. The molecule has 3 aromatic carbocycles. The van der Waals surface area contributed by atoms with E-state index >= 15 is 0 Å². The number of hydrogen-bond acceptors (Lipinski definition) is 6. The average molecular weight is 455 g/mol. The number of oxazole rings is 1. The molecular formula is C27H26N4O3. The molecule has 0 saturated heterocycles. The van der Waals surface area contributed by atoms with Gasteiger partial charge in [0.05, 0.1) is 36.7 Å². The van der Waals surface area contributed by atoms with Gasteiger partial charge in [0.1, 0.15) is 22.8 Å². The molecule has 0 unspecified atom stereocenters. The SMILES string of the molecule is COc1cccc(-c2nc3c(Nc4ccc(-c5ocnc5C)c(OC)c4)cc(C)cc3n2C)c1. The molecule has 0 aliphatic heterocycles. The van der Waals surface area contributed by atoms with E-state index in [9.17, 15) is 0 Å². The summed E-state index contributed by atoms with van der Waals surface area (Å²) in [5.74, 6) is 3.07. The van der Waals surface area contributed by atoms with Crippen molar-refractivity contribution in [2.75, 3.05) is 19.5 Å². The zero-order valence-electron chi connectivity index (χ0n) is 19.8. The molecular weight excluding hydrogens is 428 g/mol. The number of nitrogens with zero attached hydrogens (tertiary/aromatic N) is 3. The van der Waals surface area contributed by atoms with Crippen molar-refractivity contribution in [3.63, 3.8) is 0 Å². The molecule has 0 aliphatic carbocycles. The maximum atomic E-state index is 5.66. The van der Waals surface area contributed by atoms with Crippen LogP contribution in [0, 0.1) is 13.8 Å². The molecule has 5 rings (SSSR count). The van der Waals surface area contributed by atoms with E-state index in [0.717, 1.165) is 56.4 Å². The first kappa shape index (κ1) is 21.6. The minimum atomic E-state index is 0.701. The molecule has 1 N–H and O–H groups in total. The minimum absolute atomic E-state index is 0.701. The average Bonchev–Trinajstić information content (AvgIpc) is 3.42. The van der Waals surface area contributed by atoms with Crippen LogP contribution in [0.25, 0.3) is 33.7 Å². The van der Waals surface area contributed by atoms with Crippen LogP contribution in [0.3, 0.4) is 0 Å². The van der Waals surface area contributed by atoms with Crippen LogP contribution >= 0.6 is 0 Å². The van der Waals surface area contributed by atoms with Crippen LogP contribution in [0.4, 0.5) is 11.4 Å². The van der Waals surface area contributed by atoms with Crippen molar-refractivity contribution in [3.05, 3.63) is 72.2 Å². The molecule has 0 saturated carbocycles. The van der Waals surface area contributed by atoms with E-state index in [0.29, 0.717) is 11.5 Å². The van der Waals surface area contributed by atoms with Gasteiger partial charge in [-0.3, -0.25) is 0 Å². The molecule has 0 radical (unpaired) electrons. The minimum Gasteiger partial charge on any atom is -0.497 e. The third-order valence-corrected chi connectivity index (χ3v) is 5.93. The second kappa shape index (κ2) is 8.59. The lowest BCUT2D eigenvalue weighted by Gasteiger charge is -2.12. The molecule has 0 atom stereocenters. The van der Waals surface area contributed by atoms with E-state index in [1.54, 1.807) is 14.2 Å². The van der Waals surface area contributed by atoms with Gasteiger partial charge in [-0.15, -0.1) is 0 Å². The zero-order valence-corrected chi connectivity index (χ0v) is 19.8. The fourth-order valence-electron chi connectivity index (χ4n) is 4.22. The Hall–Kier alpha value is -4.26. The second-order valence-corrected chi connectivity index (χ2v) is 8.21. The first-order valence-electron chi connectivity index (χ1n) is 11.0. The van der Waals surface area contributed by atoms with Crippen molar-refractivity contribution in [2.24, 2.45) is 7.05 Å². The molecule has 2 aromatic heterocycles. The molecule has 7 nitrogen and oxygen atoms in total. The molecule has 172 valence electrons. The summed E-state index contributed by atoms with van der Waals surface area (Å²) in [7, 11) is 5.35. The van der Waals surface area contributed by atoms with Crippen molar-refractivity contribution in [1.82, 2.24) is 14.5 Å². The Bertz CT molecular complexity index is 1500. The number of rotatable bonds is 6. The number of ether oxygens (including phenoxy) is 2. The monoisotopic (exact) mass is 454 g/mol. The van der Waals surface area contributed by atoms with Crippen molar-refractivity contribution in [1.29, 1.82) is 0 Å².